The third-order valence-corrected chi connectivity index (χ3v) is 4.49. The van der Waals surface area contributed by atoms with Crippen LogP contribution in [0.1, 0.15) is 12.8 Å². The van der Waals surface area contributed by atoms with Gasteiger partial charge in [0.1, 0.15) is 0 Å². The summed E-state index contributed by atoms with van der Waals surface area (Å²) in [5, 5.41) is 9.85. The highest BCUT2D eigenvalue weighted by Crippen LogP contribution is 2.15. The van der Waals surface area contributed by atoms with Gasteiger partial charge in [-0.15, -0.1) is 0 Å². The minimum atomic E-state index is -0.258. The molecule has 0 bridgehead atoms. The first-order valence-corrected chi connectivity index (χ1v) is 8.78. The smallest absolute Gasteiger partial charge is 0.319 e. The van der Waals surface area contributed by atoms with Gasteiger partial charge in [0.2, 0.25) is 5.91 Å². The van der Waals surface area contributed by atoms with Crippen LogP contribution in [0, 0.1) is 5.92 Å². The van der Waals surface area contributed by atoms with Crippen LogP contribution in [0.3, 0.4) is 0 Å². The number of aromatic nitrogens is 2. The van der Waals surface area contributed by atoms with E-state index in [0.29, 0.717) is 25.3 Å². The van der Waals surface area contributed by atoms with Crippen LogP contribution >= 0.6 is 0 Å². The molecule has 1 aliphatic heterocycles. The third-order valence-electron chi connectivity index (χ3n) is 4.49. The van der Waals surface area contributed by atoms with Crippen LogP contribution in [-0.4, -0.2) is 52.8 Å². The summed E-state index contributed by atoms with van der Waals surface area (Å²) >= 11 is 0. The molecule has 138 valence electrons. The van der Waals surface area contributed by atoms with E-state index < -0.39 is 0 Å². The first-order valence-electron chi connectivity index (χ1n) is 8.78. The number of hydrogen-bond donors (Lipinski definition) is 3. The SMILES string of the molecule is NC(=O)C1CCCN(CCNC(=O)Nc2cccc(-n3cccn3)c2)C1. The first-order chi connectivity index (χ1) is 12.6. The van der Waals surface area contributed by atoms with Crippen molar-refractivity contribution in [2.75, 3.05) is 31.5 Å². The molecule has 0 saturated carbocycles. The maximum Gasteiger partial charge on any atom is 0.319 e. The number of piperidine rings is 1. The first kappa shape index (κ1) is 17.9. The van der Waals surface area contributed by atoms with Crippen LogP contribution in [0.2, 0.25) is 0 Å². The van der Waals surface area contributed by atoms with Gasteiger partial charge in [-0.05, 0) is 43.7 Å². The summed E-state index contributed by atoms with van der Waals surface area (Å²) in [6.45, 7) is 2.81. The zero-order chi connectivity index (χ0) is 18.4. The maximum absolute atomic E-state index is 12.1. The fourth-order valence-electron chi connectivity index (χ4n) is 3.14. The number of carbonyl (C=O) groups excluding carboxylic acids is 2. The number of likely N-dealkylation sites (tertiary alicyclic amines) is 1. The van der Waals surface area contributed by atoms with Crippen LogP contribution in [0.25, 0.3) is 5.69 Å². The standard InChI is InChI=1S/C18H24N6O2/c19-17(25)14-4-2-9-23(13-14)11-8-20-18(26)22-15-5-1-6-16(12-15)24-10-3-7-21-24/h1,3,5-7,10,12,14H,2,4,8-9,11,13H2,(H2,19,25)(H2,20,22,26). The number of carbonyl (C=O) groups is 2. The number of hydrogen-bond acceptors (Lipinski definition) is 4. The Labute approximate surface area is 152 Å². The minimum absolute atomic E-state index is 0.0809. The largest absolute Gasteiger partial charge is 0.369 e. The molecule has 3 amide bonds. The molecule has 3 rings (SSSR count). The summed E-state index contributed by atoms with van der Waals surface area (Å²) < 4.78 is 1.73. The number of rotatable bonds is 6. The van der Waals surface area contributed by atoms with Gasteiger partial charge in [0, 0.05) is 37.7 Å². The van der Waals surface area contributed by atoms with Gasteiger partial charge in [-0.1, -0.05) is 6.07 Å². The Morgan fingerprint density at radius 1 is 1.31 bits per heavy atom. The molecule has 4 N–H and O–H groups in total. The number of nitrogens with one attached hydrogen (secondary N) is 2. The molecule has 8 nitrogen and oxygen atoms in total. The van der Waals surface area contributed by atoms with E-state index in [1.807, 2.05) is 36.5 Å². The van der Waals surface area contributed by atoms with Crippen molar-refractivity contribution in [3.8, 4) is 5.69 Å². The summed E-state index contributed by atoms with van der Waals surface area (Å²) in [4.78, 5) is 25.6. The van der Waals surface area contributed by atoms with Gasteiger partial charge in [-0.25, -0.2) is 9.48 Å². The Kier molecular flexibility index (Phi) is 5.85. The number of amides is 3. The average molecular weight is 356 g/mol. The second-order valence-corrected chi connectivity index (χ2v) is 6.42. The topological polar surface area (TPSA) is 105 Å². The van der Waals surface area contributed by atoms with Crippen molar-refractivity contribution in [2.45, 2.75) is 12.8 Å². The van der Waals surface area contributed by atoms with Crippen molar-refractivity contribution in [2.24, 2.45) is 11.7 Å². The van der Waals surface area contributed by atoms with Gasteiger partial charge in [-0.2, -0.15) is 5.10 Å². The van der Waals surface area contributed by atoms with Crippen molar-refractivity contribution >= 4 is 17.6 Å². The van der Waals surface area contributed by atoms with E-state index in [-0.39, 0.29) is 17.9 Å². The molecule has 1 aromatic carbocycles. The molecule has 1 aliphatic rings. The highest BCUT2D eigenvalue weighted by molar-refractivity contribution is 5.89. The van der Waals surface area contributed by atoms with Crippen LogP contribution in [0.4, 0.5) is 10.5 Å². The van der Waals surface area contributed by atoms with Gasteiger partial charge >= 0.3 is 6.03 Å². The number of anilines is 1. The molecular weight excluding hydrogens is 332 g/mol. The van der Waals surface area contributed by atoms with E-state index in [1.165, 1.54) is 0 Å². The zero-order valence-corrected chi connectivity index (χ0v) is 14.6. The zero-order valence-electron chi connectivity index (χ0n) is 14.6. The number of benzene rings is 1. The van der Waals surface area contributed by atoms with E-state index in [4.69, 9.17) is 5.73 Å². The molecule has 2 heterocycles. The highest BCUT2D eigenvalue weighted by atomic mass is 16.2. The molecule has 26 heavy (non-hydrogen) atoms. The van der Waals surface area contributed by atoms with E-state index in [0.717, 1.165) is 25.1 Å². The van der Waals surface area contributed by atoms with Crippen molar-refractivity contribution in [3.63, 3.8) is 0 Å². The fraction of sp³-hybridized carbons (Fsp3) is 0.389. The lowest BCUT2D eigenvalue weighted by atomic mass is 9.97. The van der Waals surface area contributed by atoms with E-state index >= 15 is 0 Å². The van der Waals surface area contributed by atoms with Gasteiger partial charge in [0.25, 0.3) is 0 Å². The van der Waals surface area contributed by atoms with Gasteiger partial charge < -0.3 is 21.3 Å². The minimum Gasteiger partial charge on any atom is -0.369 e. The Morgan fingerprint density at radius 2 is 2.19 bits per heavy atom. The van der Waals surface area contributed by atoms with Crippen molar-refractivity contribution in [3.05, 3.63) is 42.7 Å². The molecule has 1 atom stereocenters. The normalized spacial score (nSPS) is 17.6. The number of nitrogens with two attached hydrogens (primary N) is 1. The molecule has 8 heteroatoms. The van der Waals surface area contributed by atoms with Gasteiger partial charge in [-0.3, -0.25) is 4.79 Å². The number of primary amides is 1. The maximum atomic E-state index is 12.1. The lowest BCUT2D eigenvalue weighted by molar-refractivity contribution is -0.123. The molecule has 1 aromatic heterocycles. The quantitative estimate of drug-likeness (QED) is 0.723. The van der Waals surface area contributed by atoms with Gasteiger partial charge in [0.05, 0.1) is 11.6 Å². The van der Waals surface area contributed by atoms with Crippen molar-refractivity contribution in [1.82, 2.24) is 20.0 Å². The molecule has 1 unspecified atom stereocenters. The highest BCUT2D eigenvalue weighted by Gasteiger charge is 2.23. The van der Waals surface area contributed by atoms with Gasteiger partial charge in [0.15, 0.2) is 0 Å². The fourth-order valence-corrected chi connectivity index (χ4v) is 3.14. The second-order valence-electron chi connectivity index (χ2n) is 6.42. The summed E-state index contributed by atoms with van der Waals surface area (Å²) in [5.74, 6) is -0.319. The molecule has 0 aliphatic carbocycles. The van der Waals surface area contributed by atoms with Crippen LogP contribution in [0.15, 0.2) is 42.7 Å². The molecule has 0 spiro atoms. The summed E-state index contributed by atoms with van der Waals surface area (Å²) in [7, 11) is 0. The molecular formula is C18H24N6O2. The van der Waals surface area contributed by atoms with Crippen LogP contribution < -0.4 is 16.4 Å². The average Bonchev–Trinajstić information content (AvgIpc) is 3.17. The monoisotopic (exact) mass is 356 g/mol. The van der Waals surface area contributed by atoms with Crippen LogP contribution in [0.5, 0.6) is 0 Å². The predicted octanol–water partition coefficient (Wildman–Crippen LogP) is 1.19. The van der Waals surface area contributed by atoms with Crippen LogP contribution in [-0.2, 0) is 4.79 Å². The lowest BCUT2D eigenvalue weighted by Gasteiger charge is -2.31. The van der Waals surface area contributed by atoms with E-state index in [9.17, 15) is 9.59 Å². The number of nitrogens with zero attached hydrogens (tertiary/aromatic N) is 3. The molecule has 0 radical (unpaired) electrons. The van der Waals surface area contributed by atoms with E-state index in [1.54, 1.807) is 10.9 Å². The lowest BCUT2D eigenvalue weighted by Crippen LogP contribution is -2.44. The summed E-state index contributed by atoms with van der Waals surface area (Å²) in [5.41, 5.74) is 6.96. The van der Waals surface area contributed by atoms with Crippen molar-refractivity contribution in [1.29, 1.82) is 0 Å². The Bertz CT molecular complexity index is 746. The number of urea groups is 1. The molecule has 1 saturated heterocycles. The Morgan fingerprint density at radius 3 is 2.96 bits per heavy atom. The predicted molar refractivity (Wildman–Crippen MR) is 98.9 cm³/mol. The van der Waals surface area contributed by atoms with Crippen molar-refractivity contribution < 1.29 is 9.59 Å². The summed E-state index contributed by atoms with van der Waals surface area (Å²) in [6.07, 6.45) is 5.36. The second kappa shape index (κ2) is 8.48. The molecule has 2 aromatic rings. The Hall–Kier alpha value is -2.87. The molecule has 1 fully saturated rings. The van der Waals surface area contributed by atoms with E-state index in [2.05, 4.69) is 20.6 Å². The summed E-state index contributed by atoms with van der Waals surface area (Å²) in [6, 6.07) is 9.05. The Balaban J connectivity index is 1.44. The third kappa shape index (κ3) is 4.82.